The molecule has 0 fully saturated rings. The molecule has 1 aliphatic heterocycles. The zero-order valence-corrected chi connectivity index (χ0v) is 15.4. The highest BCUT2D eigenvalue weighted by Crippen LogP contribution is 2.39. The lowest BCUT2D eigenvalue weighted by atomic mass is 9.87. The van der Waals surface area contributed by atoms with Crippen molar-refractivity contribution in [1.82, 2.24) is 0 Å². The van der Waals surface area contributed by atoms with Gasteiger partial charge < -0.3 is 4.90 Å². The lowest BCUT2D eigenvalue weighted by molar-refractivity contribution is -0.118. The summed E-state index contributed by atoms with van der Waals surface area (Å²) in [5.41, 5.74) is 2.56. The van der Waals surface area contributed by atoms with Crippen LogP contribution in [0.5, 0.6) is 0 Å². The van der Waals surface area contributed by atoms with Crippen LogP contribution < -0.4 is 4.90 Å². The first-order chi connectivity index (χ1) is 12.1. The lowest BCUT2D eigenvalue weighted by Gasteiger charge is -2.24. The van der Waals surface area contributed by atoms with Crippen LogP contribution >= 0.6 is 15.9 Å². The molecule has 0 aliphatic carbocycles. The molecule has 5 heteroatoms. The van der Waals surface area contributed by atoms with Crippen LogP contribution in [0.2, 0.25) is 0 Å². The summed E-state index contributed by atoms with van der Waals surface area (Å²) in [5.74, 6) is -0.573. The molecule has 3 rings (SSSR count). The monoisotopic (exact) mass is 407 g/mol. The number of fused-ring (bicyclic) bond motifs is 1. The standard InChI is InChI=1S/C20H20BrF2NO/c21-11-1-4-20(25)24-12-2-3-17(14-5-7-15(22)8-6-14)18-10-9-16(23)13-19(18)24/h5-10,13,17H,1-4,11-12H2. The highest BCUT2D eigenvalue weighted by Gasteiger charge is 2.27. The predicted molar refractivity (Wildman–Crippen MR) is 99.3 cm³/mol. The minimum absolute atomic E-state index is 0.0195. The van der Waals surface area contributed by atoms with Crippen molar-refractivity contribution >= 4 is 27.5 Å². The zero-order valence-electron chi connectivity index (χ0n) is 13.9. The predicted octanol–water partition coefficient (Wildman–Crippen LogP) is 5.40. The molecule has 2 nitrogen and oxygen atoms in total. The highest BCUT2D eigenvalue weighted by atomic mass is 79.9. The summed E-state index contributed by atoms with van der Waals surface area (Å²) >= 11 is 3.35. The number of amides is 1. The Labute approximate surface area is 155 Å². The van der Waals surface area contributed by atoms with Gasteiger partial charge in [0.15, 0.2) is 0 Å². The van der Waals surface area contributed by atoms with Gasteiger partial charge in [-0.15, -0.1) is 0 Å². The largest absolute Gasteiger partial charge is 0.312 e. The molecule has 1 aliphatic rings. The number of benzene rings is 2. The van der Waals surface area contributed by atoms with Crippen LogP contribution in [0.4, 0.5) is 14.5 Å². The maximum Gasteiger partial charge on any atom is 0.227 e. The van der Waals surface area contributed by atoms with E-state index in [1.54, 1.807) is 23.1 Å². The fraction of sp³-hybridized carbons (Fsp3) is 0.350. The molecule has 1 heterocycles. The molecule has 2 aromatic carbocycles. The maximum atomic E-state index is 13.9. The van der Waals surface area contributed by atoms with Gasteiger partial charge in [0.2, 0.25) is 5.91 Å². The number of halogens is 3. The fourth-order valence-electron chi connectivity index (χ4n) is 3.43. The second-order valence-corrected chi connectivity index (χ2v) is 7.08. The molecular weight excluding hydrogens is 388 g/mol. The van der Waals surface area contributed by atoms with Crippen molar-refractivity contribution in [2.75, 3.05) is 16.8 Å². The van der Waals surface area contributed by atoms with Crippen LogP contribution in [0.15, 0.2) is 42.5 Å². The normalized spacial score (nSPS) is 17.1. The minimum Gasteiger partial charge on any atom is -0.312 e. The van der Waals surface area contributed by atoms with E-state index in [0.717, 1.165) is 35.7 Å². The molecule has 1 unspecified atom stereocenters. The van der Waals surface area contributed by atoms with E-state index < -0.39 is 0 Å². The number of carbonyl (C=O) groups is 1. The summed E-state index contributed by atoms with van der Waals surface area (Å²) in [6.07, 6.45) is 2.84. The average molecular weight is 408 g/mol. The fourth-order valence-corrected chi connectivity index (χ4v) is 3.71. The Morgan fingerprint density at radius 2 is 1.84 bits per heavy atom. The molecule has 0 radical (unpaired) electrons. The average Bonchev–Trinajstić information content (AvgIpc) is 2.79. The molecule has 25 heavy (non-hydrogen) atoms. The summed E-state index contributed by atoms with van der Waals surface area (Å²) in [7, 11) is 0. The van der Waals surface area contributed by atoms with Gasteiger partial charge in [0, 0.05) is 24.2 Å². The van der Waals surface area contributed by atoms with Crippen molar-refractivity contribution in [2.24, 2.45) is 0 Å². The first-order valence-electron chi connectivity index (χ1n) is 8.51. The van der Waals surface area contributed by atoms with Crippen LogP contribution in [0.25, 0.3) is 0 Å². The third-order valence-corrected chi connectivity index (χ3v) is 5.19. The third kappa shape index (κ3) is 4.09. The zero-order chi connectivity index (χ0) is 17.8. The Kier molecular flexibility index (Phi) is 5.84. The smallest absolute Gasteiger partial charge is 0.227 e. The van der Waals surface area contributed by atoms with Crippen molar-refractivity contribution < 1.29 is 13.6 Å². The molecule has 1 amide bonds. The van der Waals surface area contributed by atoms with E-state index in [4.69, 9.17) is 0 Å². The quantitative estimate of drug-likeness (QED) is 0.621. The van der Waals surface area contributed by atoms with Crippen LogP contribution in [-0.2, 0) is 4.79 Å². The molecule has 0 bridgehead atoms. The van der Waals surface area contributed by atoms with Crippen LogP contribution in [-0.4, -0.2) is 17.8 Å². The third-order valence-electron chi connectivity index (χ3n) is 4.63. The Bertz CT molecular complexity index is 748. The summed E-state index contributed by atoms with van der Waals surface area (Å²) in [4.78, 5) is 14.3. The Morgan fingerprint density at radius 3 is 2.56 bits per heavy atom. The minimum atomic E-state index is -0.350. The number of anilines is 1. The van der Waals surface area contributed by atoms with E-state index in [-0.39, 0.29) is 23.5 Å². The second kappa shape index (κ2) is 8.09. The highest BCUT2D eigenvalue weighted by molar-refractivity contribution is 9.09. The van der Waals surface area contributed by atoms with Gasteiger partial charge in [-0.3, -0.25) is 4.79 Å². The summed E-state index contributed by atoms with van der Waals surface area (Å²) in [6, 6.07) is 11.1. The van der Waals surface area contributed by atoms with Gasteiger partial charge in [-0.1, -0.05) is 34.1 Å². The van der Waals surface area contributed by atoms with E-state index in [0.29, 0.717) is 18.7 Å². The Morgan fingerprint density at radius 1 is 1.12 bits per heavy atom. The van der Waals surface area contributed by atoms with Gasteiger partial charge in [-0.25, -0.2) is 8.78 Å². The number of alkyl halides is 1. The molecule has 0 aromatic heterocycles. The van der Waals surface area contributed by atoms with Crippen LogP contribution in [0.1, 0.15) is 42.7 Å². The molecule has 0 saturated carbocycles. The molecule has 1 atom stereocenters. The van der Waals surface area contributed by atoms with Gasteiger partial charge in [0.25, 0.3) is 0 Å². The molecule has 0 N–H and O–H groups in total. The van der Waals surface area contributed by atoms with E-state index in [2.05, 4.69) is 15.9 Å². The number of carbonyl (C=O) groups excluding carboxylic acids is 1. The van der Waals surface area contributed by atoms with E-state index in [1.165, 1.54) is 24.3 Å². The lowest BCUT2D eigenvalue weighted by Crippen LogP contribution is -2.31. The van der Waals surface area contributed by atoms with Gasteiger partial charge in [0.05, 0.1) is 5.69 Å². The molecule has 0 spiro atoms. The molecular formula is C20H20BrF2NO. The van der Waals surface area contributed by atoms with Crippen molar-refractivity contribution in [3.63, 3.8) is 0 Å². The first kappa shape index (κ1) is 18.1. The van der Waals surface area contributed by atoms with Gasteiger partial charge in [0.1, 0.15) is 11.6 Å². The SMILES string of the molecule is O=C(CCCBr)N1CCCC(c2ccc(F)cc2)c2ccc(F)cc21. The summed E-state index contributed by atoms with van der Waals surface area (Å²) in [5, 5.41) is 0.765. The molecule has 2 aromatic rings. The first-order valence-corrected chi connectivity index (χ1v) is 9.63. The number of hydrogen-bond donors (Lipinski definition) is 0. The molecule has 0 saturated heterocycles. The summed E-state index contributed by atoms with van der Waals surface area (Å²) in [6.45, 7) is 0.579. The van der Waals surface area contributed by atoms with Crippen molar-refractivity contribution in [1.29, 1.82) is 0 Å². The van der Waals surface area contributed by atoms with Crippen molar-refractivity contribution in [2.45, 2.75) is 31.6 Å². The van der Waals surface area contributed by atoms with Crippen LogP contribution in [0, 0.1) is 11.6 Å². The van der Waals surface area contributed by atoms with Gasteiger partial charge >= 0.3 is 0 Å². The number of rotatable bonds is 4. The second-order valence-electron chi connectivity index (χ2n) is 6.29. The van der Waals surface area contributed by atoms with E-state index >= 15 is 0 Å². The summed E-state index contributed by atoms with van der Waals surface area (Å²) < 4.78 is 27.2. The Balaban J connectivity index is 2.00. The van der Waals surface area contributed by atoms with Gasteiger partial charge in [-0.05, 0) is 54.7 Å². The molecule has 132 valence electrons. The van der Waals surface area contributed by atoms with Crippen molar-refractivity contribution in [3.8, 4) is 0 Å². The van der Waals surface area contributed by atoms with E-state index in [9.17, 15) is 13.6 Å². The van der Waals surface area contributed by atoms with Crippen molar-refractivity contribution in [3.05, 3.63) is 65.2 Å². The number of nitrogens with zero attached hydrogens (tertiary/aromatic N) is 1. The topological polar surface area (TPSA) is 20.3 Å². The van der Waals surface area contributed by atoms with Crippen LogP contribution in [0.3, 0.4) is 0 Å². The van der Waals surface area contributed by atoms with Gasteiger partial charge in [-0.2, -0.15) is 0 Å². The Hall–Kier alpha value is -1.75. The van der Waals surface area contributed by atoms with E-state index in [1.807, 2.05) is 0 Å². The number of hydrogen-bond acceptors (Lipinski definition) is 1. The maximum absolute atomic E-state index is 13.9.